The van der Waals surface area contributed by atoms with Gasteiger partial charge < -0.3 is 15.2 Å². The summed E-state index contributed by atoms with van der Waals surface area (Å²) in [5.74, 6) is 1.78. The van der Waals surface area contributed by atoms with Crippen LogP contribution in [0.2, 0.25) is 0 Å². The Morgan fingerprint density at radius 2 is 2.25 bits per heavy atom. The summed E-state index contributed by atoms with van der Waals surface area (Å²) in [6, 6.07) is 0.292. The van der Waals surface area contributed by atoms with Gasteiger partial charge in [0.05, 0.1) is 0 Å². The van der Waals surface area contributed by atoms with Crippen LogP contribution in [0.4, 0.5) is 5.82 Å². The zero-order valence-corrected chi connectivity index (χ0v) is 12.2. The van der Waals surface area contributed by atoms with Gasteiger partial charge in [0.15, 0.2) is 5.82 Å². The molecule has 110 valence electrons. The standard InChI is InChI=1S/C15H24N4O/c1-2-7-18-8-6-17-14(15(18)20)19-9-11-4-3-5-13(16)12(11)10-19/h6,8,11-13H,2-5,7,9-10,16H2,1H3. The zero-order valence-electron chi connectivity index (χ0n) is 12.2. The van der Waals surface area contributed by atoms with Gasteiger partial charge in [-0.2, -0.15) is 0 Å². The number of rotatable bonds is 3. The molecule has 0 amide bonds. The second kappa shape index (κ2) is 5.56. The van der Waals surface area contributed by atoms with Crippen LogP contribution < -0.4 is 16.2 Å². The number of nitrogens with zero attached hydrogens (tertiary/aromatic N) is 3. The molecule has 1 aromatic rings. The molecule has 1 saturated heterocycles. The fourth-order valence-corrected chi connectivity index (χ4v) is 3.76. The van der Waals surface area contributed by atoms with E-state index in [4.69, 9.17) is 5.73 Å². The molecule has 20 heavy (non-hydrogen) atoms. The van der Waals surface area contributed by atoms with E-state index in [1.165, 1.54) is 12.8 Å². The van der Waals surface area contributed by atoms with Crippen molar-refractivity contribution in [2.45, 2.75) is 45.2 Å². The molecule has 0 spiro atoms. The third-order valence-corrected chi connectivity index (χ3v) is 4.81. The summed E-state index contributed by atoms with van der Waals surface area (Å²) < 4.78 is 1.77. The molecule has 0 bridgehead atoms. The van der Waals surface area contributed by atoms with Gasteiger partial charge in [0, 0.05) is 38.1 Å². The minimum absolute atomic E-state index is 0.0431. The van der Waals surface area contributed by atoms with Gasteiger partial charge in [-0.25, -0.2) is 4.98 Å². The van der Waals surface area contributed by atoms with E-state index in [2.05, 4.69) is 16.8 Å². The fourth-order valence-electron chi connectivity index (χ4n) is 3.76. The van der Waals surface area contributed by atoms with Gasteiger partial charge >= 0.3 is 0 Å². The van der Waals surface area contributed by atoms with Crippen molar-refractivity contribution in [1.29, 1.82) is 0 Å². The first kappa shape index (κ1) is 13.6. The Morgan fingerprint density at radius 3 is 3.00 bits per heavy atom. The van der Waals surface area contributed by atoms with Gasteiger partial charge in [-0.1, -0.05) is 13.3 Å². The average Bonchev–Trinajstić information content (AvgIpc) is 2.87. The molecule has 3 atom stereocenters. The largest absolute Gasteiger partial charge is 0.351 e. The van der Waals surface area contributed by atoms with Gasteiger partial charge in [-0.05, 0) is 31.1 Å². The molecule has 0 radical (unpaired) electrons. The van der Waals surface area contributed by atoms with Crippen molar-refractivity contribution < 1.29 is 0 Å². The third kappa shape index (κ3) is 2.35. The molecule has 5 heteroatoms. The Morgan fingerprint density at radius 1 is 1.40 bits per heavy atom. The van der Waals surface area contributed by atoms with Crippen molar-refractivity contribution in [2.75, 3.05) is 18.0 Å². The van der Waals surface area contributed by atoms with Gasteiger partial charge in [-0.15, -0.1) is 0 Å². The van der Waals surface area contributed by atoms with Gasteiger partial charge in [0.1, 0.15) is 0 Å². The van der Waals surface area contributed by atoms with Crippen LogP contribution in [0.5, 0.6) is 0 Å². The molecule has 1 saturated carbocycles. The molecule has 5 nitrogen and oxygen atoms in total. The highest BCUT2D eigenvalue weighted by atomic mass is 16.1. The molecule has 2 fully saturated rings. The van der Waals surface area contributed by atoms with Crippen molar-refractivity contribution in [1.82, 2.24) is 9.55 Å². The lowest BCUT2D eigenvalue weighted by Gasteiger charge is -2.29. The summed E-state index contributed by atoms with van der Waals surface area (Å²) >= 11 is 0. The van der Waals surface area contributed by atoms with Crippen molar-refractivity contribution in [3.8, 4) is 0 Å². The molecule has 2 heterocycles. The highest BCUT2D eigenvalue weighted by Crippen LogP contribution is 2.36. The lowest BCUT2D eigenvalue weighted by Crippen LogP contribution is -2.38. The van der Waals surface area contributed by atoms with Crippen LogP contribution in [-0.4, -0.2) is 28.7 Å². The predicted molar refractivity (Wildman–Crippen MR) is 79.8 cm³/mol. The monoisotopic (exact) mass is 276 g/mol. The first-order valence-electron chi connectivity index (χ1n) is 7.76. The number of hydrogen-bond donors (Lipinski definition) is 1. The molecular weight excluding hydrogens is 252 g/mol. The Balaban J connectivity index is 1.84. The van der Waals surface area contributed by atoms with Crippen LogP contribution in [0, 0.1) is 11.8 Å². The van der Waals surface area contributed by atoms with E-state index in [0.717, 1.165) is 32.5 Å². The van der Waals surface area contributed by atoms with Crippen molar-refractivity contribution in [2.24, 2.45) is 17.6 Å². The highest BCUT2D eigenvalue weighted by molar-refractivity contribution is 5.38. The molecule has 3 rings (SSSR count). The maximum Gasteiger partial charge on any atom is 0.293 e. The van der Waals surface area contributed by atoms with Crippen LogP contribution >= 0.6 is 0 Å². The number of anilines is 1. The smallest absolute Gasteiger partial charge is 0.293 e. The quantitative estimate of drug-likeness (QED) is 0.901. The van der Waals surface area contributed by atoms with E-state index in [0.29, 0.717) is 23.7 Å². The lowest BCUT2D eigenvalue weighted by atomic mass is 9.78. The number of fused-ring (bicyclic) bond motifs is 1. The number of nitrogens with two attached hydrogens (primary N) is 1. The van der Waals surface area contributed by atoms with Crippen LogP contribution in [0.25, 0.3) is 0 Å². The van der Waals surface area contributed by atoms with Crippen LogP contribution in [-0.2, 0) is 6.54 Å². The maximum absolute atomic E-state index is 12.5. The van der Waals surface area contributed by atoms with E-state index in [1.54, 1.807) is 17.0 Å². The summed E-state index contributed by atoms with van der Waals surface area (Å²) in [6.07, 6.45) is 8.07. The second-order valence-electron chi connectivity index (χ2n) is 6.17. The molecule has 1 aliphatic carbocycles. The minimum Gasteiger partial charge on any atom is -0.351 e. The predicted octanol–water partition coefficient (Wildman–Crippen LogP) is 1.22. The Labute approximate surface area is 119 Å². The summed E-state index contributed by atoms with van der Waals surface area (Å²) in [5.41, 5.74) is 6.29. The third-order valence-electron chi connectivity index (χ3n) is 4.81. The minimum atomic E-state index is 0.0431. The van der Waals surface area contributed by atoms with Gasteiger partial charge in [0.25, 0.3) is 5.56 Å². The molecule has 0 aromatic carbocycles. The Bertz CT molecular complexity index is 527. The van der Waals surface area contributed by atoms with Crippen molar-refractivity contribution in [3.63, 3.8) is 0 Å². The summed E-state index contributed by atoms with van der Waals surface area (Å²) in [7, 11) is 0. The van der Waals surface area contributed by atoms with Crippen LogP contribution in [0.1, 0.15) is 32.6 Å². The van der Waals surface area contributed by atoms with E-state index < -0.39 is 0 Å². The molecule has 1 aliphatic heterocycles. The Hall–Kier alpha value is -1.36. The van der Waals surface area contributed by atoms with Crippen LogP contribution in [0.15, 0.2) is 17.2 Å². The fraction of sp³-hybridized carbons (Fsp3) is 0.733. The molecule has 2 N–H and O–H groups in total. The van der Waals surface area contributed by atoms with Crippen molar-refractivity contribution >= 4 is 5.82 Å². The van der Waals surface area contributed by atoms with E-state index >= 15 is 0 Å². The van der Waals surface area contributed by atoms with E-state index in [1.807, 2.05) is 0 Å². The molecule has 3 unspecified atom stereocenters. The highest BCUT2D eigenvalue weighted by Gasteiger charge is 2.39. The lowest BCUT2D eigenvalue weighted by molar-refractivity contribution is 0.260. The SMILES string of the molecule is CCCn1ccnc(N2CC3CCCC(N)C3C2)c1=O. The number of aryl methyl sites for hydroxylation is 1. The topological polar surface area (TPSA) is 64.2 Å². The number of aromatic nitrogens is 2. The van der Waals surface area contributed by atoms with E-state index in [-0.39, 0.29) is 5.56 Å². The van der Waals surface area contributed by atoms with Crippen molar-refractivity contribution in [3.05, 3.63) is 22.7 Å². The van der Waals surface area contributed by atoms with Gasteiger partial charge in [0.2, 0.25) is 0 Å². The second-order valence-corrected chi connectivity index (χ2v) is 6.17. The molecule has 1 aromatic heterocycles. The number of hydrogen-bond acceptors (Lipinski definition) is 4. The summed E-state index contributed by atoms with van der Waals surface area (Å²) in [6.45, 7) is 4.67. The Kier molecular flexibility index (Phi) is 3.78. The molecule has 2 aliphatic rings. The van der Waals surface area contributed by atoms with Crippen LogP contribution in [0.3, 0.4) is 0 Å². The van der Waals surface area contributed by atoms with Gasteiger partial charge in [-0.3, -0.25) is 4.79 Å². The van der Waals surface area contributed by atoms with E-state index in [9.17, 15) is 4.79 Å². The maximum atomic E-state index is 12.5. The first-order valence-corrected chi connectivity index (χ1v) is 7.76. The summed E-state index contributed by atoms with van der Waals surface area (Å²) in [5, 5.41) is 0. The average molecular weight is 276 g/mol. The molecular formula is C15H24N4O. The summed E-state index contributed by atoms with van der Waals surface area (Å²) in [4.78, 5) is 19.0. The first-order chi connectivity index (χ1) is 9.70. The normalized spacial score (nSPS) is 29.5. The zero-order chi connectivity index (χ0) is 14.1.